The van der Waals surface area contributed by atoms with Crippen LogP contribution in [0.15, 0.2) is 22.3 Å². The molecule has 0 bridgehead atoms. The van der Waals surface area contributed by atoms with Gasteiger partial charge in [-0.15, -0.1) is 0 Å². The van der Waals surface area contributed by atoms with Gasteiger partial charge in [-0.25, -0.2) is 9.97 Å². The second-order valence-corrected chi connectivity index (χ2v) is 4.12. The Morgan fingerprint density at radius 1 is 1.39 bits per heavy atom. The van der Waals surface area contributed by atoms with Crippen molar-refractivity contribution in [3.8, 4) is 0 Å². The lowest BCUT2D eigenvalue weighted by molar-refractivity contribution is -0.141. The third-order valence-corrected chi connectivity index (χ3v) is 2.71. The predicted molar refractivity (Wildman–Crippen MR) is 55.8 cm³/mol. The van der Waals surface area contributed by atoms with Crippen molar-refractivity contribution in [2.75, 3.05) is 0 Å². The molecule has 0 amide bonds. The number of H-pyrrole nitrogens is 2. The lowest BCUT2D eigenvalue weighted by Gasteiger charge is -2.06. The van der Waals surface area contributed by atoms with Gasteiger partial charge in [0.25, 0.3) is 5.56 Å². The maximum absolute atomic E-state index is 12.4. The number of aromatic nitrogens is 5. The van der Waals surface area contributed by atoms with Gasteiger partial charge in [0, 0.05) is 6.07 Å². The standard InChI is InChI=1S/C8H6F3N5OS/c9-8(10,11)4-1-6(17)15-7(14-4)18-2-5-12-3-13-16-5/h1,3H,2H2,(H,12,13,16)(H,14,15,17). The fourth-order valence-electron chi connectivity index (χ4n) is 1.09. The van der Waals surface area contributed by atoms with E-state index in [-0.39, 0.29) is 10.9 Å². The van der Waals surface area contributed by atoms with Gasteiger partial charge in [-0.1, -0.05) is 11.8 Å². The van der Waals surface area contributed by atoms with Gasteiger partial charge >= 0.3 is 6.18 Å². The molecule has 10 heteroatoms. The number of hydrogen-bond acceptors (Lipinski definition) is 5. The average molecular weight is 277 g/mol. The first kappa shape index (κ1) is 12.6. The molecule has 0 spiro atoms. The van der Waals surface area contributed by atoms with E-state index in [4.69, 9.17) is 0 Å². The third-order valence-electron chi connectivity index (χ3n) is 1.82. The van der Waals surface area contributed by atoms with E-state index in [1.165, 1.54) is 6.33 Å². The molecule has 0 radical (unpaired) electrons. The van der Waals surface area contributed by atoms with Crippen molar-refractivity contribution in [2.45, 2.75) is 17.1 Å². The molecule has 2 aromatic rings. The topological polar surface area (TPSA) is 87.3 Å². The van der Waals surface area contributed by atoms with Crippen LogP contribution in [0.5, 0.6) is 0 Å². The van der Waals surface area contributed by atoms with E-state index in [1.807, 2.05) is 0 Å². The SMILES string of the molecule is O=c1cc(C(F)(F)F)nc(SCc2ncn[nH]2)[nH]1. The lowest BCUT2D eigenvalue weighted by atomic mass is 10.4. The summed E-state index contributed by atoms with van der Waals surface area (Å²) in [7, 11) is 0. The summed E-state index contributed by atoms with van der Waals surface area (Å²) in [5.41, 5.74) is -2.07. The van der Waals surface area contributed by atoms with Crippen LogP contribution >= 0.6 is 11.8 Å². The predicted octanol–water partition coefficient (Wildman–Crippen LogP) is 1.20. The summed E-state index contributed by atoms with van der Waals surface area (Å²) in [6.45, 7) is 0. The van der Waals surface area contributed by atoms with Crippen LogP contribution in [-0.4, -0.2) is 25.1 Å². The number of nitrogens with one attached hydrogen (secondary N) is 2. The summed E-state index contributed by atoms with van der Waals surface area (Å²) >= 11 is 0.922. The van der Waals surface area contributed by atoms with Gasteiger partial charge in [-0.3, -0.25) is 9.89 Å². The molecule has 2 N–H and O–H groups in total. The van der Waals surface area contributed by atoms with Gasteiger partial charge in [-0.05, 0) is 0 Å². The molecule has 0 fully saturated rings. The minimum Gasteiger partial charge on any atom is -0.301 e. The van der Waals surface area contributed by atoms with Crippen LogP contribution in [-0.2, 0) is 11.9 Å². The quantitative estimate of drug-likeness (QED) is 0.650. The maximum Gasteiger partial charge on any atom is 0.433 e. The smallest absolute Gasteiger partial charge is 0.301 e. The Hall–Kier alpha value is -1.84. The van der Waals surface area contributed by atoms with Crippen LogP contribution < -0.4 is 5.56 Å². The summed E-state index contributed by atoms with van der Waals surface area (Å²) in [5, 5.41) is 6.01. The molecule has 0 aromatic carbocycles. The molecule has 18 heavy (non-hydrogen) atoms. The Morgan fingerprint density at radius 3 is 2.78 bits per heavy atom. The second-order valence-electron chi connectivity index (χ2n) is 3.15. The number of thioether (sulfide) groups is 1. The zero-order valence-corrected chi connectivity index (χ0v) is 9.47. The normalized spacial score (nSPS) is 11.7. The van der Waals surface area contributed by atoms with E-state index in [2.05, 4.69) is 25.1 Å². The van der Waals surface area contributed by atoms with Crippen molar-refractivity contribution in [3.05, 3.63) is 34.3 Å². The molecule has 2 aromatic heterocycles. The van der Waals surface area contributed by atoms with Crippen molar-refractivity contribution < 1.29 is 13.2 Å². The minimum atomic E-state index is -4.64. The Kier molecular flexibility index (Phi) is 3.36. The third kappa shape index (κ3) is 3.09. The minimum absolute atomic E-state index is 0.119. The number of alkyl halides is 3. The highest BCUT2D eigenvalue weighted by Crippen LogP contribution is 2.27. The van der Waals surface area contributed by atoms with Crippen LogP contribution in [0.3, 0.4) is 0 Å². The van der Waals surface area contributed by atoms with Gasteiger partial charge in [0.2, 0.25) is 0 Å². The van der Waals surface area contributed by atoms with Gasteiger partial charge in [0.1, 0.15) is 12.2 Å². The molecule has 0 saturated carbocycles. The molecule has 6 nitrogen and oxygen atoms in total. The molecular formula is C8H6F3N5OS. The highest BCUT2D eigenvalue weighted by Gasteiger charge is 2.33. The molecule has 0 aliphatic heterocycles. The second kappa shape index (κ2) is 4.80. The van der Waals surface area contributed by atoms with Crippen molar-refractivity contribution in [3.63, 3.8) is 0 Å². The fourth-order valence-corrected chi connectivity index (χ4v) is 1.83. The highest BCUT2D eigenvalue weighted by atomic mass is 32.2. The van der Waals surface area contributed by atoms with Crippen LogP contribution in [0, 0.1) is 0 Å². The van der Waals surface area contributed by atoms with E-state index in [1.54, 1.807) is 0 Å². The summed E-state index contributed by atoms with van der Waals surface area (Å²) in [6, 6.07) is 0.415. The van der Waals surface area contributed by atoms with E-state index < -0.39 is 17.4 Å². The number of aromatic amines is 2. The molecule has 96 valence electrons. The van der Waals surface area contributed by atoms with Crippen LogP contribution in [0.1, 0.15) is 11.5 Å². The molecule has 0 atom stereocenters. The summed E-state index contributed by atoms with van der Waals surface area (Å²) < 4.78 is 37.2. The first-order valence-corrected chi connectivity index (χ1v) is 5.59. The van der Waals surface area contributed by atoms with Crippen LogP contribution in [0.2, 0.25) is 0 Å². The lowest BCUT2D eigenvalue weighted by Crippen LogP contribution is -2.16. The molecular weight excluding hydrogens is 271 g/mol. The maximum atomic E-state index is 12.4. The Bertz CT molecular complexity index is 579. The van der Waals surface area contributed by atoms with E-state index in [0.717, 1.165) is 11.8 Å². The summed E-state index contributed by atoms with van der Waals surface area (Å²) in [5.74, 6) is 0.699. The van der Waals surface area contributed by atoms with Crippen molar-refractivity contribution in [2.24, 2.45) is 0 Å². The molecule has 0 aliphatic carbocycles. The first-order chi connectivity index (χ1) is 8.45. The summed E-state index contributed by atoms with van der Waals surface area (Å²) in [4.78, 5) is 20.4. The molecule has 0 unspecified atom stereocenters. The van der Waals surface area contributed by atoms with Gasteiger partial charge < -0.3 is 4.98 Å². The average Bonchev–Trinajstić information content (AvgIpc) is 2.77. The number of halogens is 3. The van der Waals surface area contributed by atoms with Crippen molar-refractivity contribution >= 4 is 11.8 Å². The zero-order valence-electron chi connectivity index (χ0n) is 8.65. The monoisotopic (exact) mass is 277 g/mol. The Labute approximate surface area is 102 Å². The van der Waals surface area contributed by atoms with Gasteiger partial charge in [-0.2, -0.15) is 18.3 Å². The highest BCUT2D eigenvalue weighted by molar-refractivity contribution is 7.98. The van der Waals surface area contributed by atoms with E-state index in [0.29, 0.717) is 11.9 Å². The Morgan fingerprint density at radius 2 is 2.17 bits per heavy atom. The van der Waals surface area contributed by atoms with Gasteiger partial charge in [0.05, 0.1) is 5.75 Å². The number of nitrogens with zero attached hydrogens (tertiary/aromatic N) is 3. The number of hydrogen-bond donors (Lipinski definition) is 2. The summed E-state index contributed by atoms with van der Waals surface area (Å²) in [6.07, 6.45) is -3.37. The molecule has 2 heterocycles. The van der Waals surface area contributed by atoms with Crippen molar-refractivity contribution in [1.82, 2.24) is 25.1 Å². The fraction of sp³-hybridized carbons (Fsp3) is 0.250. The van der Waals surface area contributed by atoms with Crippen molar-refractivity contribution in [1.29, 1.82) is 0 Å². The molecule has 2 rings (SSSR count). The first-order valence-electron chi connectivity index (χ1n) is 4.61. The van der Waals surface area contributed by atoms with E-state index >= 15 is 0 Å². The largest absolute Gasteiger partial charge is 0.433 e. The molecule has 0 aliphatic rings. The Balaban J connectivity index is 2.18. The van der Waals surface area contributed by atoms with Crippen LogP contribution in [0.25, 0.3) is 0 Å². The van der Waals surface area contributed by atoms with Gasteiger partial charge in [0.15, 0.2) is 10.9 Å². The van der Waals surface area contributed by atoms with E-state index in [9.17, 15) is 18.0 Å². The zero-order chi connectivity index (χ0) is 13.2. The van der Waals surface area contributed by atoms with Crippen LogP contribution in [0.4, 0.5) is 13.2 Å². The number of rotatable bonds is 3. The molecule has 0 saturated heterocycles.